The minimum Gasteiger partial charge on any atom is -0.342 e. The van der Waals surface area contributed by atoms with Gasteiger partial charge in [0.1, 0.15) is 0 Å². The number of benzene rings is 1. The van der Waals surface area contributed by atoms with Crippen molar-refractivity contribution in [1.29, 1.82) is 0 Å². The largest absolute Gasteiger partial charge is 0.342 e. The average Bonchev–Trinajstić information content (AvgIpc) is 3.07. The molecule has 1 aliphatic rings. The van der Waals surface area contributed by atoms with Gasteiger partial charge in [0.2, 0.25) is 5.91 Å². The highest BCUT2D eigenvalue weighted by molar-refractivity contribution is 7.99. The number of likely N-dealkylation sites (tertiary alicyclic amines) is 1. The van der Waals surface area contributed by atoms with Crippen LogP contribution >= 0.6 is 11.8 Å². The van der Waals surface area contributed by atoms with Crippen LogP contribution in [0.1, 0.15) is 36.5 Å². The van der Waals surface area contributed by atoms with E-state index in [2.05, 4.69) is 60.5 Å². The van der Waals surface area contributed by atoms with E-state index in [0.29, 0.717) is 11.7 Å². The zero-order valence-corrected chi connectivity index (χ0v) is 17.3. The van der Waals surface area contributed by atoms with Gasteiger partial charge in [0.15, 0.2) is 10.8 Å². The topological polar surface area (TPSA) is 50.5 Å². The second kappa shape index (κ2) is 7.15. The van der Waals surface area contributed by atoms with Crippen LogP contribution in [0.15, 0.2) is 23.4 Å². The standard InChI is InChI=1S/C21H26N4OS/c1-13-6-5-9-24(11-13)18(26)12-27-21-23-22-20-16(4)10-17-14(2)7-8-15(3)19(17)25(20)21/h7-8,10,13H,5-6,9,11-12H2,1-4H3/t13-/m0/s1. The van der Waals surface area contributed by atoms with E-state index in [4.69, 9.17) is 0 Å². The molecule has 0 radical (unpaired) electrons. The summed E-state index contributed by atoms with van der Waals surface area (Å²) in [5, 5.41) is 10.8. The predicted octanol–water partition coefficient (Wildman–Crippen LogP) is 4.16. The lowest BCUT2D eigenvalue weighted by Gasteiger charge is -2.30. The Bertz CT molecular complexity index is 1030. The van der Waals surface area contributed by atoms with Gasteiger partial charge in [0, 0.05) is 18.5 Å². The van der Waals surface area contributed by atoms with Crippen LogP contribution in [-0.2, 0) is 4.79 Å². The summed E-state index contributed by atoms with van der Waals surface area (Å²) in [4.78, 5) is 14.7. The molecule has 1 aliphatic heterocycles. The number of aryl methyl sites for hydroxylation is 3. The van der Waals surface area contributed by atoms with E-state index in [1.165, 1.54) is 34.7 Å². The zero-order valence-electron chi connectivity index (χ0n) is 16.5. The third-order valence-electron chi connectivity index (χ3n) is 5.54. The van der Waals surface area contributed by atoms with Crippen molar-refractivity contribution in [2.45, 2.75) is 45.7 Å². The number of thioether (sulfide) groups is 1. The Balaban J connectivity index is 1.68. The van der Waals surface area contributed by atoms with Gasteiger partial charge in [-0.05, 0) is 62.3 Å². The van der Waals surface area contributed by atoms with E-state index in [0.717, 1.165) is 41.4 Å². The second-order valence-electron chi connectivity index (χ2n) is 7.81. The maximum Gasteiger partial charge on any atom is 0.233 e. The lowest BCUT2D eigenvalue weighted by Crippen LogP contribution is -2.40. The minimum atomic E-state index is 0.202. The molecule has 4 rings (SSSR count). The third kappa shape index (κ3) is 3.31. The molecule has 1 aromatic carbocycles. The average molecular weight is 383 g/mol. The number of aromatic nitrogens is 3. The van der Waals surface area contributed by atoms with Gasteiger partial charge < -0.3 is 4.90 Å². The minimum absolute atomic E-state index is 0.202. The van der Waals surface area contributed by atoms with Crippen molar-refractivity contribution >= 4 is 34.2 Å². The third-order valence-corrected chi connectivity index (χ3v) is 6.46. The smallest absolute Gasteiger partial charge is 0.233 e. The van der Waals surface area contributed by atoms with Gasteiger partial charge in [-0.1, -0.05) is 30.8 Å². The van der Waals surface area contributed by atoms with Crippen LogP contribution < -0.4 is 0 Å². The van der Waals surface area contributed by atoms with Crippen LogP contribution in [0, 0.1) is 26.7 Å². The summed E-state index contributed by atoms with van der Waals surface area (Å²) in [5.41, 5.74) is 5.55. The highest BCUT2D eigenvalue weighted by Crippen LogP contribution is 2.29. The van der Waals surface area contributed by atoms with Crippen LogP contribution in [-0.4, -0.2) is 44.2 Å². The van der Waals surface area contributed by atoms with Gasteiger partial charge in [-0.25, -0.2) is 0 Å². The Hall–Kier alpha value is -2.08. The van der Waals surface area contributed by atoms with E-state index >= 15 is 0 Å². The van der Waals surface area contributed by atoms with Crippen molar-refractivity contribution in [3.8, 4) is 0 Å². The molecule has 3 aromatic rings. The van der Waals surface area contributed by atoms with Crippen molar-refractivity contribution < 1.29 is 4.79 Å². The highest BCUT2D eigenvalue weighted by Gasteiger charge is 2.22. The Kier molecular flexibility index (Phi) is 4.84. The molecule has 0 aliphatic carbocycles. The molecule has 142 valence electrons. The van der Waals surface area contributed by atoms with Gasteiger partial charge in [0.05, 0.1) is 11.3 Å². The maximum atomic E-state index is 12.7. The van der Waals surface area contributed by atoms with E-state index in [9.17, 15) is 4.79 Å². The molecular formula is C21H26N4OS. The first kappa shape index (κ1) is 18.3. The van der Waals surface area contributed by atoms with Gasteiger partial charge in [-0.3, -0.25) is 9.20 Å². The zero-order chi connectivity index (χ0) is 19.1. The number of piperidine rings is 1. The van der Waals surface area contributed by atoms with Crippen molar-refractivity contribution in [2.24, 2.45) is 5.92 Å². The van der Waals surface area contributed by atoms with Crippen molar-refractivity contribution in [3.63, 3.8) is 0 Å². The Labute approximate surface area is 164 Å². The fraction of sp³-hybridized carbons (Fsp3) is 0.476. The summed E-state index contributed by atoms with van der Waals surface area (Å²) in [6.07, 6.45) is 2.32. The van der Waals surface area contributed by atoms with Crippen molar-refractivity contribution in [2.75, 3.05) is 18.8 Å². The molecule has 2 aromatic heterocycles. The predicted molar refractivity (Wildman–Crippen MR) is 110 cm³/mol. The number of hydrogen-bond donors (Lipinski definition) is 0. The molecule has 1 atom stereocenters. The summed E-state index contributed by atoms with van der Waals surface area (Å²) in [6.45, 7) is 10.3. The summed E-state index contributed by atoms with van der Waals surface area (Å²) >= 11 is 1.50. The first-order chi connectivity index (χ1) is 13.0. The molecule has 0 unspecified atom stereocenters. The normalized spacial score (nSPS) is 17.8. The molecule has 0 saturated carbocycles. The lowest BCUT2D eigenvalue weighted by atomic mass is 10.0. The quantitative estimate of drug-likeness (QED) is 0.638. The number of carbonyl (C=O) groups excluding carboxylic acids is 1. The number of rotatable bonds is 3. The highest BCUT2D eigenvalue weighted by atomic mass is 32.2. The molecule has 1 fully saturated rings. The Morgan fingerprint density at radius 3 is 2.74 bits per heavy atom. The van der Waals surface area contributed by atoms with Gasteiger partial charge >= 0.3 is 0 Å². The van der Waals surface area contributed by atoms with Crippen LogP contribution in [0.5, 0.6) is 0 Å². The number of fused-ring (bicyclic) bond motifs is 3. The number of nitrogens with zero attached hydrogens (tertiary/aromatic N) is 4. The molecule has 0 N–H and O–H groups in total. The Morgan fingerprint density at radius 2 is 1.96 bits per heavy atom. The van der Waals surface area contributed by atoms with Gasteiger partial charge in [0.25, 0.3) is 0 Å². The molecule has 1 amide bonds. The van der Waals surface area contributed by atoms with E-state index in [-0.39, 0.29) is 5.91 Å². The summed E-state index contributed by atoms with van der Waals surface area (Å²) in [5.74, 6) is 1.21. The second-order valence-corrected chi connectivity index (χ2v) is 8.75. The van der Waals surface area contributed by atoms with Crippen LogP contribution in [0.4, 0.5) is 0 Å². The summed E-state index contributed by atoms with van der Waals surface area (Å²) in [6, 6.07) is 6.48. The van der Waals surface area contributed by atoms with Crippen LogP contribution in [0.3, 0.4) is 0 Å². The molecule has 0 bridgehead atoms. The fourth-order valence-electron chi connectivity index (χ4n) is 4.03. The summed E-state index contributed by atoms with van der Waals surface area (Å²) < 4.78 is 2.13. The van der Waals surface area contributed by atoms with E-state index < -0.39 is 0 Å². The molecule has 3 heterocycles. The molecule has 0 spiro atoms. The number of carbonyl (C=O) groups is 1. The molecule has 5 nitrogen and oxygen atoms in total. The molecule has 6 heteroatoms. The van der Waals surface area contributed by atoms with Crippen molar-refractivity contribution in [1.82, 2.24) is 19.5 Å². The number of amides is 1. The lowest BCUT2D eigenvalue weighted by molar-refractivity contribution is -0.130. The van der Waals surface area contributed by atoms with Gasteiger partial charge in [-0.15, -0.1) is 10.2 Å². The van der Waals surface area contributed by atoms with E-state index in [1.807, 2.05) is 4.90 Å². The molecular weight excluding hydrogens is 356 g/mol. The number of pyridine rings is 1. The number of hydrogen-bond acceptors (Lipinski definition) is 4. The van der Waals surface area contributed by atoms with Crippen LogP contribution in [0.25, 0.3) is 16.6 Å². The first-order valence-electron chi connectivity index (χ1n) is 9.61. The monoisotopic (exact) mass is 382 g/mol. The maximum absolute atomic E-state index is 12.7. The molecule has 27 heavy (non-hydrogen) atoms. The van der Waals surface area contributed by atoms with Crippen molar-refractivity contribution in [3.05, 3.63) is 34.9 Å². The summed E-state index contributed by atoms with van der Waals surface area (Å²) in [7, 11) is 0. The SMILES string of the molecule is Cc1ccc(C)c2c1cc(C)c1nnc(SCC(=O)N3CCC[C@H](C)C3)n12. The van der Waals surface area contributed by atoms with Gasteiger partial charge in [-0.2, -0.15) is 0 Å². The van der Waals surface area contributed by atoms with Crippen LogP contribution in [0.2, 0.25) is 0 Å². The fourth-order valence-corrected chi connectivity index (χ4v) is 4.87. The Morgan fingerprint density at radius 1 is 1.19 bits per heavy atom. The molecule has 1 saturated heterocycles. The first-order valence-corrected chi connectivity index (χ1v) is 10.6. The van der Waals surface area contributed by atoms with E-state index in [1.54, 1.807) is 0 Å².